The van der Waals surface area contributed by atoms with Crippen molar-refractivity contribution in [3.8, 4) is 23.7 Å². The highest BCUT2D eigenvalue weighted by atomic mass is 32.2. The van der Waals surface area contributed by atoms with Gasteiger partial charge in [-0.25, -0.2) is 9.59 Å². The minimum absolute atomic E-state index is 0.617. The molecule has 4 aromatic rings. The molecule has 0 aromatic heterocycles. The molecule has 6 nitrogen and oxygen atoms in total. The fraction of sp³-hybridized carbons (Fsp3) is 0.444. The second-order valence-corrected chi connectivity index (χ2v) is 24.8. The molecular weight excluding hydrogens is 933 g/mol. The van der Waals surface area contributed by atoms with Gasteiger partial charge in [0.2, 0.25) is 0 Å². The maximum atomic E-state index is 15.6. The topological polar surface area (TPSA) is 59.1 Å². The van der Waals surface area contributed by atoms with Gasteiger partial charge in [0, 0.05) is 54.7 Å². The van der Waals surface area contributed by atoms with Crippen molar-refractivity contribution in [1.29, 1.82) is 0 Å². The van der Waals surface area contributed by atoms with Gasteiger partial charge in [0.05, 0.1) is 13.1 Å². The molecule has 2 fully saturated rings. The van der Waals surface area contributed by atoms with Gasteiger partial charge >= 0.3 is 11.9 Å². The van der Waals surface area contributed by atoms with Gasteiger partial charge in [0.15, 0.2) is 11.2 Å². The molecule has 0 aliphatic carbocycles. The van der Waals surface area contributed by atoms with E-state index in [-0.39, 0.29) is 0 Å². The van der Waals surface area contributed by atoms with Gasteiger partial charge in [-0.15, -0.1) is 58.9 Å². The van der Waals surface area contributed by atoms with E-state index in [1.165, 1.54) is 0 Å². The highest BCUT2D eigenvalue weighted by Gasteiger charge is 2.64. The summed E-state index contributed by atoms with van der Waals surface area (Å²) in [5.74, 6) is 15.5. The molecule has 0 spiro atoms. The van der Waals surface area contributed by atoms with Gasteiger partial charge in [-0.3, -0.25) is 9.80 Å². The summed E-state index contributed by atoms with van der Waals surface area (Å²) < 4.78 is 13.1. The Morgan fingerprint density at radius 2 is 0.788 bits per heavy atom. The molecule has 0 radical (unpaired) electrons. The number of rotatable bonds is 14. The lowest BCUT2D eigenvalue weighted by Gasteiger charge is -2.54. The molecule has 8 rings (SSSR count). The van der Waals surface area contributed by atoms with Crippen LogP contribution in [-0.4, -0.2) is 92.2 Å². The van der Waals surface area contributed by atoms with E-state index in [4.69, 9.17) is 9.47 Å². The van der Waals surface area contributed by atoms with Crippen LogP contribution in [0.15, 0.2) is 117 Å². The average molecular weight is 993 g/mol. The highest BCUT2D eigenvalue weighted by Crippen LogP contribution is 2.67. The monoisotopic (exact) mass is 992 g/mol. The SMILES string of the molecule is CCN(CC)CC#CCCC1(C2(OC(=O)C(=O)OC3(C4(CCC#CCN(CC)CC)SCCCS4)c4ccccc4Sc4ccccc43)c3ccccc3Sc3ccccc32)SCCCS1. The van der Waals surface area contributed by atoms with Crippen LogP contribution in [0.4, 0.5) is 0 Å². The molecule has 346 valence electrons. The molecule has 4 aliphatic rings. The molecule has 0 unspecified atom stereocenters. The van der Waals surface area contributed by atoms with Gasteiger partial charge in [-0.05, 0) is 99.1 Å². The molecule has 0 atom stereocenters. The predicted molar refractivity (Wildman–Crippen MR) is 282 cm³/mol. The lowest BCUT2D eigenvalue weighted by Crippen LogP contribution is -2.57. The molecule has 0 saturated carbocycles. The van der Waals surface area contributed by atoms with E-state index in [9.17, 15) is 0 Å². The van der Waals surface area contributed by atoms with Crippen LogP contribution in [0.25, 0.3) is 0 Å². The molecule has 2 saturated heterocycles. The molecule has 0 bridgehead atoms. The first-order valence-corrected chi connectivity index (χ1v) is 29.0. The fourth-order valence-corrected chi connectivity index (χ4v) is 19.2. The van der Waals surface area contributed by atoms with Crippen molar-refractivity contribution in [3.05, 3.63) is 119 Å². The lowest BCUT2D eigenvalue weighted by atomic mass is 9.79. The summed E-state index contributed by atoms with van der Waals surface area (Å²) >= 11 is 10.8. The number of benzene rings is 4. The Morgan fingerprint density at radius 1 is 0.485 bits per heavy atom. The number of carbonyl (C=O) groups excluding carboxylic acids is 2. The largest absolute Gasteiger partial charge is 0.438 e. The second-order valence-electron chi connectivity index (χ2n) is 16.6. The molecule has 12 heteroatoms. The third-order valence-electron chi connectivity index (χ3n) is 13.0. The van der Waals surface area contributed by atoms with E-state index in [0.29, 0.717) is 38.8 Å². The molecule has 66 heavy (non-hydrogen) atoms. The Kier molecular flexibility index (Phi) is 16.9. The maximum Gasteiger partial charge on any atom is 0.418 e. The molecule has 0 amide bonds. The summed E-state index contributed by atoms with van der Waals surface area (Å²) in [4.78, 5) is 39.8. The molecular formula is C54H60N2O4S6. The van der Waals surface area contributed by atoms with Crippen LogP contribution in [0.3, 0.4) is 0 Å². The summed E-state index contributed by atoms with van der Waals surface area (Å²) in [6.45, 7) is 13.9. The van der Waals surface area contributed by atoms with E-state index < -0.39 is 31.3 Å². The van der Waals surface area contributed by atoms with Crippen LogP contribution in [-0.2, 0) is 30.3 Å². The average Bonchev–Trinajstić information content (AvgIpc) is 3.36. The zero-order valence-corrected chi connectivity index (χ0v) is 43.4. The van der Waals surface area contributed by atoms with Crippen molar-refractivity contribution in [2.45, 2.75) is 105 Å². The number of thioether (sulfide) groups is 4. The Morgan fingerprint density at radius 3 is 1.09 bits per heavy atom. The van der Waals surface area contributed by atoms with Crippen molar-refractivity contribution < 1.29 is 19.1 Å². The van der Waals surface area contributed by atoms with Crippen molar-refractivity contribution in [3.63, 3.8) is 0 Å². The summed E-state index contributed by atoms with van der Waals surface area (Å²) in [6.07, 6.45) is 4.60. The molecule has 0 N–H and O–H groups in total. The third-order valence-corrected chi connectivity index (χ3v) is 22.5. The number of fused-ring (bicyclic) bond motifs is 4. The number of carbonyl (C=O) groups is 2. The Balaban J connectivity index is 1.25. The van der Waals surface area contributed by atoms with Gasteiger partial charge in [0.1, 0.15) is 8.16 Å². The van der Waals surface area contributed by atoms with E-state index in [1.807, 2.05) is 95.6 Å². The van der Waals surface area contributed by atoms with Crippen LogP contribution in [0, 0.1) is 23.7 Å². The first-order chi connectivity index (χ1) is 32.3. The standard InChI is InChI=1S/C54H60N2O4S6/c1-5-55(6-2)35-21-9-19-33-51(61-37-23-38-62-51)53(41-25-11-15-29-45(41)65-46-30-16-12-26-42(46)53)59-49(57)50(58)60-54(43-27-13-17-31-47(43)66-48-32-18-14-28-44(48)54)52(63-39-24-40-64-52)34-20-10-22-36-56(7-3)8-4/h11-18,25-32H,5-8,19-20,23-24,33-40H2,1-4H3. The number of nitrogens with zero attached hydrogens (tertiary/aromatic N) is 2. The number of ether oxygens (including phenoxy) is 2. The van der Waals surface area contributed by atoms with Crippen LogP contribution in [0.1, 0.15) is 88.5 Å². The van der Waals surface area contributed by atoms with Crippen LogP contribution < -0.4 is 0 Å². The fourth-order valence-electron chi connectivity index (χ4n) is 9.53. The summed E-state index contributed by atoms with van der Waals surface area (Å²) in [6, 6.07) is 33.1. The quantitative estimate of drug-likeness (QED) is 0.0687. The Labute approximate surface area is 418 Å². The van der Waals surface area contributed by atoms with E-state index in [1.54, 1.807) is 23.5 Å². The van der Waals surface area contributed by atoms with Gasteiger partial charge < -0.3 is 9.47 Å². The molecule has 4 heterocycles. The molecule has 4 aliphatic heterocycles. The normalized spacial score (nSPS) is 18.2. The van der Waals surface area contributed by atoms with E-state index in [0.717, 1.165) is 104 Å². The Hall–Kier alpha value is -3.04. The smallest absolute Gasteiger partial charge is 0.418 e. The summed E-state index contributed by atoms with van der Waals surface area (Å²) in [5, 5.41) is 0. The van der Waals surface area contributed by atoms with Crippen LogP contribution in [0.2, 0.25) is 0 Å². The van der Waals surface area contributed by atoms with Crippen molar-refractivity contribution in [2.75, 3.05) is 62.3 Å². The van der Waals surface area contributed by atoms with Gasteiger partial charge in [-0.1, -0.05) is 136 Å². The maximum absolute atomic E-state index is 15.6. The number of hydrogen-bond acceptors (Lipinski definition) is 12. The van der Waals surface area contributed by atoms with Gasteiger partial charge in [-0.2, -0.15) is 0 Å². The van der Waals surface area contributed by atoms with Crippen molar-refractivity contribution in [1.82, 2.24) is 9.80 Å². The molecule has 4 aromatic carbocycles. The Bertz CT molecular complexity index is 2210. The second kappa shape index (κ2) is 22.6. The minimum atomic E-state index is -1.34. The lowest BCUT2D eigenvalue weighted by molar-refractivity contribution is -0.185. The summed E-state index contributed by atoms with van der Waals surface area (Å²) in [7, 11) is 0. The van der Waals surface area contributed by atoms with Crippen LogP contribution >= 0.6 is 70.6 Å². The minimum Gasteiger partial charge on any atom is -0.438 e. The summed E-state index contributed by atoms with van der Waals surface area (Å²) in [5.41, 5.74) is 0.901. The van der Waals surface area contributed by atoms with Crippen molar-refractivity contribution >= 4 is 82.5 Å². The highest BCUT2D eigenvalue weighted by molar-refractivity contribution is 8.19. The van der Waals surface area contributed by atoms with Crippen molar-refractivity contribution in [2.24, 2.45) is 0 Å². The zero-order valence-electron chi connectivity index (χ0n) is 38.5. The first kappa shape index (κ1) is 49.4. The number of hydrogen-bond donors (Lipinski definition) is 0. The zero-order chi connectivity index (χ0) is 46.0. The third kappa shape index (κ3) is 9.62. The van der Waals surface area contributed by atoms with Gasteiger partial charge in [0.25, 0.3) is 0 Å². The van der Waals surface area contributed by atoms with E-state index in [2.05, 4.69) is 110 Å². The predicted octanol–water partition coefficient (Wildman–Crippen LogP) is 12.3. The van der Waals surface area contributed by atoms with E-state index >= 15 is 9.59 Å². The van der Waals surface area contributed by atoms with Crippen LogP contribution in [0.5, 0.6) is 0 Å². The first-order valence-electron chi connectivity index (χ1n) is 23.4. The number of esters is 2.